The van der Waals surface area contributed by atoms with E-state index in [9.17, 15) is 8.78 Å². The van der Waals surface area contributed by atoms with Crippen LogP contribution in [0.3, 0.4) is 0 Å². The minimum atomic E-state index is -0.549. The fraction of sp³-hybridized carbons (Fsp3) is 0.533. The SMILES string of the molecule is CN=C(NCC(C)c1ccc(F)cc1F)NC1CC1C.I. The summed E-state index contributed by atoms with van der Waals surface area (Å²) in [7, 11) is 1.71. The molecule has 3 nitrogen and oxygen atoms in total. The molecule has 1 aliphatic rings. The summed E-state index contributed by atoms with van der Waals surface area (Å²) in [6, 6.07) is 4.19. The van der Waals surface area contributed by atoms with Gasteiger partial charge in [0.2, 0.25) is 0 Å². The topological polar surface area (TPSA) is 36.4 Å². The van der Waals surface area contributed by atoms with Crippen molar-refractivity contribution in [2.75, 3.05) is 13.6 Å². The van der Waals surface area contributed by atoms with Crippen LogP contribution in [0.2, 0.25) is 0 Å². The Balaban J connectivity index is 0.00000220. The van der Waals surface area contributed by atoms with E-state index in [2.05, 4.69) is 22.5 Å². The van der Waals surface area contributed by atoms with E-state index in [0.717, 1.165) is 18.4 Å². The summed E-state index contributed by atoms with van der Waals surface area (Å²) in [4.78, 5) is 4.15. The van der Waals surface area contributed by atoms with Gasteiger partial charge in [-0.25, -0.2) is 8.78 Å². The largest absolute Gasteiger partial charge is 0.356 e. The summed E-state index contributed by atoms with van der Waals surface area (Å²) in [5, 5.41) is 6.49. The van der Waals surface area contributed by atoms with Gasteiger partial charge < -0.3 is 10.6 Å². The highest BCUT2D eigenvalue weighted by Crippen LogP contribution is 2.28. The monoisotopic (exact) mass is 409 g/mol. The molecule has 118 valence electrons. The first-order chi connectivity index (χ1) is 9.51. The fourth-order valence-corrected chi connectivity index (χ4v) is 2.15. The average molecular weight is 409 g/mol. The lowest BCUT2D eigenvalue weighted by molar-refractivity contribution is 0.555. The first-order valence-corrected chi connectivity index (χ1v) is 6.93. The molecular weight excluding hydrogens is 387 g/mol. The van der Waals surface area contributed by atoms with E-state index >= 15 is 0 Å². The Morgan fingerprint density at radius 1 is 1.43 bits per heavy atom. The number of halogens is 3. The molecule has 0 aromatic heterocycles. The first kappa shape index (κ1) is 18.1. The Morgan fingerprint density at radius 3 is 2.62 bits per heavy atom. The first-order valence-electron chi connectivity index (χ1n) is 6.93. The second-order valence-electron chi connectivity index (χ2n) is 5.48. The maximum atomic E-state index is 13.7. The smallest absolute Gasteiger partial charge is 0.191 e. The number of nitrogens with one attached hydrogen (secondary N) is 2. The number of guanidine groups is 1. The van der Waals surface area contributed by atoms with E-state index in [0.29, 0.717) is 24.1 Å². The molecule has 1 fully saturated rings. The van der Waals surface area contributed by atoms with Gasteiger partial charge in [0, 0.05) is 31.6 Å². The van der Waals surface area contributed by atoms with E-state index in [1.807, 2.05) is 6.92 Å². The van der Waals surface area contributed by atoms with Crippen LogP contribution in [0.25, 0.3) is 0 Å². The second-order valence-corrected chi connectivity index (χ2v) is 5.48. The van der Waals surface area contributed by atoms with E-state index in [-0.39, 0.29) is 29.9 Å². The van der Waals surface area contributed by atoms with Crippen molar-refractivity contribution in [2.24, 2.45) is 10.9 Å². The molecule has 0 bridgehead atoms. The summed E-state index contributed by atoms with van der Waals surface area (Å²) >= 11 is 0. The molecule has 0 aliphatic heterocycles. The molecule has 3 atom stereocenters. The van der Waals surface area contributed by atoms with Gasteiger partial charge in [-0.3, -0.25) is 4.99 Å². The molecule has 0 radical (unpaired) electrons. The zero-order valence-corrected chi connectivity index (χ0v) is 14.8. The maximum absolute atomic E-state index is 13.7. The molecule has 3 unspecified atom stereocenters. The van der Waals surface area contributed by atoms with Crippen molar-refractivity contribution >= 4 is 29.9 Å². The van der Waals surface area contributed by atoms with Gasteiger partial charge in [0.05, 0.1) is 0 Å². The van der Waals surface area contributed by atoms with E-state index in [1.165, 1.54) is 12.1 Å². The van der Waals surface area contributed by atoms with Gasteiger partial charge >= 0.3 is 0 Å². The van der Waals surface area contributed by atoms with Gasteiger partial charge in [-0.15, -0.1) is 24.0 Å². The zero-order valence-electron chi connectivity index (χ0n) is 12.5. The molecule has 0 amide bonds. The van der Waals surface area contributed by atoms with E-state index in [1.54, 1.807) is 7.05 Å². The molecular formula is C15H22F2IN3. The molecule has 6 heteroatoms. The van der Waals surface area contributed by atoms with Crippen LogP contribution in [-0.2, 0) is 0 Å². The minimum absolute atomic E-state index is 0. The summed E-state index contributed by atoms with van der Waals surface area (Å²) in [5.41, 5.74) is 0.508. The lowest BCUT2D eigenvalue weighted by Gasteiger charge is -2.17. The number of benzene rings is 1. The third-order valence-corrected chi connectivity index (χ3v) is 3.72. The number of nitrogens with zero attached hydrogens (tertiary/aromatic N) is 1. The molecule has 0 saturated heterocycles. The van der Waals surface area contributed by atoms with Crippen LogP contribution in [0.15, 0.2) is 23.2 Å². The van der Waals surface area contributed by atoms with Crippen molar-refractivity contribution in [1.82, 2.24) is 10.6 Å². The van der Waals surface area contributed by atoms with Crippen LogP contribution >= 0.6 is 24.0 Å². The summed E-state index contributed by atoms with van der Waals surface area (Å²) in [5.74, 6) is 0.296. The maximum Gasteiger partial charge on any atom is 0.191 e. The normalized spacial score (nSPS) is 22.2. The van der Waals surface area contributed by atoms with Crippen molar-refractivity contribution < 1.29 is 8.78 Å². The van der Waals surface area contributed by atoms with Crippen LogP contribution in [-0.4, -0.2) is 25.6 Å². The van der Waals surface area contributed by atoms with Crippen LogP contribution in [0.1, 0.15) is 31.7 Å². The Labute approximate surface area is 141 Å². The van der Waals surface area contributed by atoms with Crippen molar-refractivity contribution in [3.8, 4) is 0 Å². The van der Waals surface area contributed by atoms with Gasteiger partial charge in [0.1, 0.15) is 11.6 Å². The molecule has 21 heavy (non-hydrogen) atoms. The van der Waals surface area contributed by atoms with Crippen molar-refractivity contribution in [2.45, 2.75) is 32.2 Å². The Morgan fingerprint density at radius 2 is 2.10 bits per heavy atom. The average Bonchev–Trinajstić information content (AvgIpc) is 3.09. The molecule has 1 saturated carbocycles. The number of hydrogen-bond donors (Lipinski definition) is 2. The molecule has 2 N–H and O–H groups in total. The van der Waals surface area contributed by atoms with Crippen LogP contribution < -0.4 is 10.6 Å². The van der Waals surface area contributed by atoms with Gasteiger partial charge in [-0.1, -0.05) is 19.9 Å². The Bertz CT molecular complexity index is 508. The number of aliphatic imine (C=N–C) groups is 1. The molecule has 0 heterocycles. The molecule has 2 rings (SSSR count). The van der Waals surface area contributed by atoms with Crippen LogP contribution in [0.4, 0.5) is 8.78 Å². The second kappa shape index (κ2) is 7.91. The van der Waals surface area contributed by atoms with Gasteiger partial charge in [0.25, 0.3) is 0 Å². The van der Waals surface area contributed by atoms with Gasteiger partial charge in [-0.2, -0.15) is 0 Å². The van der Waals surface area contributed by atoms with Crippen LogP contribution in [0.5, 0.6) is 0 Å². The lowest BCUT2D eigenvalue weighted by atomic mass is 10.0. The summed E-state index contributed by atoms with van der Waals surface area (Å²) in [6.07, 6.45) is 1.16. The predicted octanol–water partition coefficient (Wildman–Crippen LogP) is 3.26. The number of hydrogen-bond acceptors (Lipinski definition) is 1. The van der Waals surface area contributed by atoms with Crippen molar-refractivity contribution in [3.63, 3.8) is 0 Å². The quantitative estimate of drug-likeness (QED) is 0.455. The minimum Gasteiger partial charge on any atom is -0.356 e. The number of rotatable bonds is 4. The molecule has 1 aliphatic carbocycles. The highest BCUT2D eigenvalue weighted by Gasteiger charge is 2.33. The molecule has 1 aromatic carbocycles. The predicted molar refractivity (Wildman–Crippen MR) is 92.3 cm³/mol. The standard InChI is InChI=1S/C15H21F2N3.HI/c1-9-6-14(9)20-15(18-3)19-8-10(2)12-5-4-11(16)7-13(12)17;/h4-5,7,9-10,14H,6,8H2,1-3H3,(H2,18,19,20);1H. The molecule has 0 spiro atoms. The summed E-state index contributed by atoms with van der Waals surface area (Å²) in [6.45, 7) is 4.63. The highest BCUT2D eigenvalue weighted by atomic mass is 127. The third-order valence-electron chi connectivity index (χ3n) is 3.72. The fourth-order valence-electron chi connectivity index (χ4n) is 2.15. The van der Waals surface area contributed by atoms with Crippen molar-refractivity contribution in [3.05, 3.63) is 35.4 Å². The van der Waals surface area contributed by atoms with Gasteiger partial charge in [0.15, 0.2) is 5.96 Å². The highest BCUT2D eigenvalue weighted by molar-refractivity contribution is 14.0. The van der Waals surface area contributed by atoms with E-state index in [4.69, 9.17) is 0 Å². The lowest BCUT2D eigenvalue weighted by Crippen LogP contribution is -2.40. The Kier molecular flexibility index (Phi) is 6.83. The molecule has 1 aromatic rings. The zero-order chi connectivity index (χ0) is 14.7. The van der Waals surface area contributed by atoms with Crippen molar-refractivity contribution in [1.29, 1.82) is 0 Å². The Hall–Kier alpha value is -0.920. The van der Waals surface area contributed by atoms with Crippen LogP contribution in [0, 0.1) is 17.6 Å². The summed E-state index contributed by atoms with van der Waals surface area (Å²) < 4.78 is 26.5. The van der Waals surface area contributed by atoms with E-state index < -0.39 is 11.6 Å². The van der Waals surface area contributed by atoms with Gasteiger partial charge in [-0.05, 0) is 24.0 Å². The third kappa shape index (κ3) is 5.09.